The smallest absolute Gasteiger partial charge is 0.284 e. The van der Waals surface area contributed by atoms with E-state index in [9.17, 15) is 23.3 Å². The maximum atomic E-state index is 12.6. The Morgan fingerprint density at radius 1 is 1.24 bits per heavy atom. The largest absolute Gasteiger partial charge is 0.286 e. The van der Waals surface area contributed by atoms with Crippen molar-refractivity contribution in [1.82, 2.24) is 4.90 Å². The first-order valence-corrected chi connectivity index (χ1v) is 10.9. The van der Waals surface area contributed by atoms with Crippen LogP contribution in [0.4, 0.5) is 5.69 Å². The van der Waals surface area contributed by atoms with Crippen LogP contribution < -0.4 is 0 Å². The first-order valence-electron chi connectivity index (χ1n) is 8.27. The highest BCUT2D eigenvalue weighted by molar-refractivity contribution is 8.19. The van der Waals surface area contributed by atoms with Gasteiger partial charge in [-0.2, -0.15) is 8.42 Å². The third-order valence-corrected chi connectivity index (χ3v) is 6.55. The molecular weight excluding hydrogens is 438 g/mol. The number of hydrogen-bond donors (Lipinski definition) is 0. The van der Waals surface area contributed by atoms with Gasteiger partial charge in [0.2, 0.25) is 0 Å². The number of nitrogens with zero attached hydrogens (tertiary/aromatic N) is 3. The molecule has 0 N–H and O–H groups in total. The monoisotopic (exact) mass is 451 g/mol. The number of hydrogen-bond acceptors (Lipinski definition) is 6. The van der Waals surface area contributed by atoms with Gasteiger partial charge < -0.3 is 0 Å². The van der Waals surface area contributed by atoms with E-state index in [1.165, 1.54) is 53.4 Å². The number of carbonyl (C=O) groups is 1. The second kappa shape index (κ2) is 8.36. The molecule has 0 aliphatic carbocycles. The average Bonchev–Trinajstić information content (AvgIpc) is 2.95. The molecule has 0 unspecified atom stereocenters. The Bertz CT molecular complexity index is 1140. The third kappa shape index (κ3) is 4.66. The van der Waals surface area contributed by atoms with Gasteiger partial charge in [-0.1, -0.05) is 23.7 Å². The van der Waals surface area contributed by atoms with Crippen molar-refractivity contribution in [1.29, 1.82) is 0 Å². The Morgan fingerprint density at radius 3 is 2.55 bits per heavy atom. The number of thioether (sulfide) groups is 1. The number of carbonyl (C=O) groups excluding carboxylic acids is 1. The van der Waals surface area contributed by atoms with Gasteiger partial charge in [0.05, 0.1) is 14.7 Å². The first kappa shape index (κ1) is 21.0. The molecule has 150 valence electrons. The van der Waals surface area contributed by atoms with Gasteiger partial charge in [-0.25, -0.2) is 0 Å². The molecule has 11 heteroatoms. The summed E-state index contributed by atoms with van der Waals surface area (Å²) in [4.78, 5) is 24.5. The van der Waals surface area contributed by atoms with Crippen LogP contribution in [0.2, 0.25) is 5.02 Å². The highest BCUT2D eigenvalue weighted by Crippen LogP contribution is 2.34. The zero-order valence-corrected chi connectivity index (χ0v) is 17.4. The number of halogens is 1. The summed E-state index contributed by atoms with van der Waals surface area (Å²) in [6.45, 7) is 1.91. The number of amides is 1. The van der Waals surface area contributed by atoms with Crippen LogP contribution in [0.3, 0.4) is 0 Å². The van der Waals surface area contributed by atoms with E-state index >= 15 is 0 Å². The van der Waals surface area contributed by atoms with Gasteiger partial charge in [0.15, 0.2) is 5.17 Å². The molecule has 0 spiro atoms. The highest BCUT2D eigenvalue weighted by atomic mass is 35.5. The zero-order chi connectivity index (χ0) is 21.2. The van der Waals surface area contributed by atoms with E-state index in [1.54, 1.807) is 13.0 Å². The lowest BCUT2D eigenvalue weighted by atomic mass is 10.2. The van der Waals surface area contributed by atoms with Gasteiger partial charge in [-0.05, 0) is 54.6 Å². The summed E-state index contributed by atoms with van der Waals surface area (Å²) in [5, 5.41) is 11.3. The first-order chi connectivity index (χ1) is 13.7. The van der Waals surface area contributed by atoms with Crippen LogP contribution in [0.25, 0.3) is 6.08 Å². The summed E-state index contributed by atoms with van der Waals surface area (Å²) in [7, 11) is -4.04. The van der Waals surface area contributed by atoms with E-state index < -0.39 is 20.9 Å². The lowest BCUT2D eigenvalue weighted by Crippen LogP contribution is -2.29. The van der Waals surface area contributed by atoms with Crippen molar-refractivity contribution in [3.63, 3.8) is 0 Å². The summed E-state index contributed by atoms with van der Waals surface area (Å²) >= 11 is 6.68. The van der Waals surface area contributed by atoms with Crippen molar-refractivity contribution >= 4 is 56.2 Å². The molecule has 1 aliphatic heterocycles. The van der Waals surface area contributed by atoms with Gasteiger partial charge in [0, 0.05) is 23.7 Å². The predicted octanol–water partition coefficient (Wildman–Crippen LogP) is 3.93. The maximum Gasteiger partial charge on any atom is 0.284 e. The number of non-ortho nitro benzene ring substituents is 1. The van der Waals surface area contributed by atoms with E-state index in [1.807, 2.05) is 0 Å². The van der Waals surface area contributed by atoms with Crippen molar-refractivity contribution < 1.29 is 18.1 Å². The molecule has 2 aromatic rings. The molecule has 1 fully saturated rings. The Morgan fingerprint density at radius 2 is 1.93 bits per heavy atom. The molecule has 1 amide bonds. The Balaban J connectivity index is 1.97. The maximum absolute atomic E-state index is 12.6. The van der Waals surface area contributed by atoms with Crippen molar-refractivity contribution in [3.05, 3.63) is 74.1 Å². The van der Waals surface area contributed by atoms with E-state index in [4.69, 9.17) is 11.6 Å². The summed E-state index contributed by atoms with van der Waals surface area (Å²) in [6, 6.07) is 11.3. The molecule has 2 aromatic carbocycles. The lowest BCUT2D eigenvalue weighted by Gasteiger charge is -2.11. The number of rotatable bonds is 5. The zero-order valence-electron chi connectivity index (χ0n) is 15.0. The fourth-order valence-electron chi connectivity index (χ4n) is 2.50. The number of amidine groups is 1. The molecule has 0 radical (unpaired) electrons. The Kier molecular flexibility index (Phi) is 6.06. The van der Waals surface area contributed by atoms with Crippen LogP contribution in [-0.4, -0.2) is 35.9 Å². The van der Waals surface area contributed by atoms with Crippen LogP contribution in [0, 0.1) is 10.1 Å². The van der Waals surface area contributed by atoms with Crippen LogP contribution in [0.5, 0.6) is 0 Å². The van der Waals surface area contributed by atoms with Crippen LogP contribution in [0.15, 0.2) is 62.7 Å². The Hall–Kier alpha value is -2.69. The Labute approximate surface area is 176 Å². The van der Waals surface area contributed by atoms with Gasteiger partial charge in [0.25, 0.3) is 21.6 Å². The van der Waals surface area contributed by atoms with Crippen molar-refractivity contribution in [2.24, 2.45) is 4.40 Å². The predicted molar refractivity (Wildman–Crippen MR) is 112 cm³/mol. The molecule has 1 saturated heterocycles. The standard InChI is InChI=1S/C18H14ClN3O5S2/c1-2-21-17(23)16(11-12-4-3-5-14(10-12)22(24)25)28-18(21)20-29(26,27)15-8-6-13(19)7-9-15/h3-11H,2H2,1H3/b16-11-,20-18?. The van der Waals surface area contributed by atoms with Gasteiger partial charge in [-0.3, -0.25) is 19.8 Å². The van der Waals surface area contributed by atoms with E-state index in [-0.39, 0.29) is 27.2 Å². The second-order valence-corrected chi connectivity index (χ2v) is 8.86. The quantitative estimate of drug-likeness (QED) is 0.387. The van der Waals surface area contributed by atoms with Crippen molar-refractivity contribution in [2.75, 3.05) is 6.54 Å². The average molecular weight is 452 g/mol. The summed E-state index contributed by atoms with van der Waals surface area (Å²) < 4.78 is 29.0. The molecule has 0 saturated carbocycles. The minimum Gasteiger partial charge on any atom is -0.286 e. The van der Waals surface area contributed by atoms with E-state index in [2.05, 4.69) is 4.40 Å². The van der Waals surface area contributed by atoms with E-state index in [0.717, 1.165) is 11.8 Å². The molecule has 0 aromatic heterocycles. The molecule has 1 heterocycles. The molecule has 0 atom stereocenters. The fourth-order valence-corrected chi connectivity index (χ4v) is 4.87. The summed E-state index contributed by atoms with van der Waals surface area (Å²) in [5.74, 6) is -0.422. The molecule has 29 heavy (non-hydrogen) atoms. The SMILES string of the molecule is CCN1C(=O)/C(=C/c2cccc([N+](=O)[O-])c2)SC1=NS(=O)(=O)c1ccc(Cl)cc1. The van der Waals surface area contributed by atoms with Crippen molar-refractivity contribution in [2.45, 2.75) is 11.8 Å². The van der Waals surface area contributed by atoms with Crippen molar-refractivity contribution in [3.8, 4) is 0 Å². The molecule has 1 aliphatic rings. The normalized spacial score (nSPS) is 17.3. The summed E-state index contributed by atoms with van der Waals surface area (Å²) in [5.41, 5.74) is 0.342. The number of nitro groups is 1. The van der Waals surface area contributed by atoms with E-state index in [0.29, 0.717) is 10.6 Å². The van der Waals surface area contributed by atoms with Gasteiger partial charge >= 0.3 is 0 Å². The fraction of sp³-hybridized carbons (Fsp3) is 0.111. The number of nitro benzene ring substituents is 1. The molecule has 3 rings (SSSR count). The minimum atomic E-state index is -4.04. The highest BCUT2D eigenvalue weighted by Gasteiger charge is 2.34. The third-order valence-electron chi connectivity index (χ3n) is 3.89. The lowest BCUT2D eigenvalue weighted by molar-refractivity contribution is -0.384. The molecule has 8 nitrogen and oxygen atoms in total. The van der Waals surface area contributed by atoms with Gasteiger partial charge in [-0.15, -0.1) is 4.40 Å². The number of sulfonamides is 1. The summed E-state index contributed by atoms with van der Waals surface area (Å²) in [6.07, 6.45) is 1.47. The van der Waals surface area contributed by atoms with Crippen LogP contribution in [0.1, 0.15) is 12.5 Å². The number of likely N-dealkylation sites (N-methyl/N-ethyl adjacent to an activating group) is 1. The topological polar surface area (TPSA) is 110 Å². The number of benzene rings is 2. The molecule has 0 bridgehead atoms. The second-order valence-electron chi connectivity index (χ2n) is 5.82. The van der Waals surface area contributed by atoms with Crippen LogP contribution in [-0.2, 0) is 14.8 Å². The molecular formula is C18H14ClN3O5S2. The minimum absolute atomic E-state index is 0.0177. The van der Waals surface area contributed by atoms with Gasteiger partial charge in [0.1, 0.15) is 0 Å². The van der Waals surface area contributed by atoms with Crippen LogP contribution >= 0.6 is 23.4 Å².